The SMILES string of the molecule is O=S(=O)(c1ccc(Br)cc1Br)N1CCCSCC1. The molecule has 0 bridgehead atoms. The van der Waals surface area contributed by atoms with Gasteiger partial charge in [0.1, 0.15) is 0 Å². The molecule has 1 aromatic carbocycles. The quantitative estimate of drug-likeness (QED) is 0.744. The van der Waals surface area contributed by atoms with Crippen LogP contribution in [0.1, 0.15) is 6.42 Å². The van der Waals surface area contributed by atoms with Gasteiger partial charge in [0.15, 0.2) is 0 Å². The van der Waals surface area contributed by atoms with Gasteiger partial charge in [0.2, 0.25) is 10.0 Å². The molecular formula is C11H13Br2NO2S2. The molecule has 0 aliphatic carbocycles. The lowest BCUT2D eigenvalue weighted by molar-refractivity contribution is 0.434. The molecule has 0 N–H and O–H groups in total. The van der Waals surface area contributed by atoms with Crippen LogP contribution in [0, 0.1) is 0 Å². The number of thioether (sulfide) groups is 1. The van der Waals surface area contributed by atoms with E-state index in [4.69, 9.17) is 0 Å². The highest BCUT2D eigenvalue weighted by Gasteiger charge is 2.27. The molecule has 7 heteroatoms. The minimum atomic E-state index is -3.38. The standard InChI is InChI=1S/C11H13Br2NO2S2/c12-9-2-3-11(10(13)8-9)18(15,16)14-4-1-6-17-7-5-14/h2-3,8H,1,4-7H2. The first kappa shape index (κ1) is 14.8. The molecule has 0 radical (unpaired) electrons. The molecule has 1 aliphatic heterocycles. The van der Waals surface area contributed by atoms with Crippen LogP contribution in [0.15, 0.2) is 32.0 Å². The summed E-state index contributed by atoms with van der Waals surface area (Å²) in [7, 11) is -3.38. The van der Waals surface area contributed by atoms with Crippen molar-refractivity contribution >= 4 is 53.6 Å². The van der Waals surface area contributed by atoms with Crippen LogP contribution in [0.25, 0.3) is 0 Å². The van der Waals surface area contributed by atoms with Crippen LogP contribution in [0.3, 0.4) is 0 Å². The van der Waals surface area contributed by atoms with E-state index in [2.05, 4.69) is 31.9 Å². The average Bonchev–Trinajstić information content (AvgIpc) is 2.57. The van der Waals surface area contributed by atoms with Crippen LogP contribution in [0.5, 0.6) is 0 Å². The minimum Gasteiger partial charge on any atom is -0.207 e. The van der Waals surface area contributed by atoms with E-state index in [9.17, 15) is 8.42 Å². The third kappa shape index (κ3) is 3.30. The summed E-state index contributed by atoms with van der Waals surface area (Å²) in [5.74, 6) is 1.90. The number of nitrogens with zero attached hydrogens (tertiary/aromatic N) is 1. The topological polar surface area (TPSA) is 37.4 Å². The zero-order valence-electron chi connectivity index (χ0n) is 9.60. The highest BCUT2D eigenvalue weighted by atomic mass is 79.9. The monoisotopic (exact) mass is 413 g/mol. The highest BCUT2D eigenvalue weighted by Crippen LogP contribution is 2.29. The van der Waals surface area contributed by atoms with Crippen molar-refractivity contribution in [1.29, 1.82) is 0 Å². The first-order chi connectivity index (χ1) is 8.51. The number of benzene rings is 1. The van der Waals surface area contributed by atoms with E-state index in [1.165, 1.54) is 0 Å². The Hall–Kier alpha value is 0.440. The Balaban J connectivity index is 2.34. The van der Waals surface area contributed by atoms with Crippen LogP contribution in [-0.2, 0) is 10.0 Å². The molecule has 18 heavy (non-hydrogen) atoms. The molecule has 1 aromatic rings. The molecule has 1 fully saturated rings. The van der Waals surface area contributed by atoms with E-state index in [1.54, 1.807) is 22.5 Å². The van der Waals surface area contributed by atoms with Gasteiger partial charge < -0.3 is 0 Å². The van der Waals surface area contributed by atoms with E-state index < -0.39 is 10.0 Å². The van der Waals surface area contributed by atoms with Crippen LogP contribution in [0.2, 0.25) is 0 Å². The predicted molar refractivity (Wildman–Crippen MR) is 82.5 cm³/mol. The van der Waals surface area contributed by atoms with Gasteiger partial charge in [0.25, 0.3) is 0 Å². The Morgan fingerprint density at radius 3 is 2.67 bits per heavy atom. The number of sulfonamides is 1. The summed E-state index contributed by atoms with van der Waals surface area (Å²) in [5.41, 5.74) is 0. The van der Waals surface area contributed by atoms with Crippen molar-refractivity contribution in [3.05, 3.63) is 27.1 Å². The summed E-state index contributed by atoms with van der Waals surface area (Å²) < 4.78 is 28.1. The lowest BCUT2D eigenvalue weighted by Gasteiger charge is -2.20. The van der Waals surface area contributed by atoms with E-state index >= 15 is 0 Å². The van der Waals surface area contributed by atoms with Gasteiger partial charge in [-0.1, -0.05) is 15.9 Å². The molecule has 3 nitrogen and oxygen atoms in total. The van der Waals surface area contributed by atoms with E-state index in [0.717, 1.165) is 22.4 Å². The number of rotatable bonds is 2. The number of halogens is 2. The van der Waals surface area contributed by atoms with E-state index in [1.807, 2.05) is 11.8 Å². The Labute approximate surface area is 129 Å². The summed E-state index contributed by atoms with van der Waals surface area (Å²) in [4.78, 5) is 0.345. The van der Waals surface area contributed by atoms with Crippen LogP contribution in [0.4, 0.5) is 0 Å². The fourth-order valence-electron chi connectivity index (χ4n) is 1.79. The van der Waals surface area contributed by atoms with Crippen LogP contribution >= 0.6 is 43.6 Å². The predicted octanol–water partition coefficient (Wildman–Crippen LogP) is 3.34. The maximum absolute atomic E-state index is 12.5. The number of hydrogen-bond acceptors (Lipinski definition) is 3. The molecular weight excluding hydrogens is 402 g/mol. The van der Waals surface area contributed by atoms with Crippen molar-refractivity contribution in [3.63, 3.8) is 0 Å². The molecule has 1 aliphatic rings. The largest absolute Gasteiger partial charge is 0.244 e. The van der Waals surface area contributed by atoms with Gasteiger partial charge in [-0.15, -0.1) is 0 Å². The van der Waals surface area contributed by atoms with E-state index in [0.29, 0.717) is 22.5 Å². The zero-order chi connectivity index (χ0) is 13.2. The van der Waals surface area contributed by atoms with Gasteiger partial charge in [0, 0.05) is 27.8 Å². The average molecular weight is 415 g/mol. The summed E-state index contributed by atoms with van der Waals surface area (Å²) >= 11 is 8.47. The molecule has 0 unspecified atom stereocenters. The van der Waals surface area contributed by atoms with Crippen molar-refractivity contribution in [2.24, 2.45) is 0 Å². The van der Waals surface area contributed by atoms with Gasteiger partial charge in [0.05, 0.1) is 4.90 Å². The van der Waals surface area contributed by atoms with Gasteiger partial charge in [-0.25, -0.2) is 8.42 Å². The number of hydrogen-bond donors (Lipinski definition) is 0. The Bertz CT molecular complexity index is 526. The maximum atomic E-state index is 12.5. The van der Waals surface area contributed by atoms with Gasteiger partial charge >= 0.3 is 0 Å². The molecule has 0 aromatic heterocycles. The summed E-state index contributed by atoms with van der Waals surface area (Å²) in [6.45, 7) is 1.20. The molecule has 1 saturated heterocycles. The second kappa shape index (κ2) is 6.26. The Morgan fingerprint density at radius 2 is 1.94 bits per heavy atom. The van der Waals surface area contributed by atoms with Crippen molar-refractivity contribution in [2.45, 2.75) is 11.3 Å². The van der Waals surface area contributed by atoms with Gasteiger partial charge in [-0.05, 0) is 46.3 Å². The molecule has 100 valence electrons. The van der Waals surface area contributed by atoms with Crippen molar-refractivity contribution < 1.29 is 8.42 Å². The van der Waals surface area contributed by atoms with Crippen molar-refractivity contribution in [2.75, 3.05) is 24.6 Å². The molecule has 0 amide bonds. The summed E-state index contributed by atoms with van der Waals surface area (Å²) in [6.07, 6.45) is 0.915. The summed E-state index contributed by atoms with van der Waals surface area (Å²) in [5, 5.41) is 0. The smallest absolute Gasteiger partial charge is 0.207 e. The van der Waals surface area contributed by atoms with Gasteiger partial charge in [-0.3, -0.25) is 0 Å². The summed E-state index contributed by atoms with van der Waals surface area (Å²) in [6, 6.07) is 5.16. The molecule has 0 spiro atoms. The fourth-order valence-corrected chi connectivity index (χ4v) is 5.97. The molecule has 0 saturated carbocycles. The normalized spacial score (nSPS) is 18.6. The molecule has 0 atom stereocenters. The first-order valence-electron chi connectivity index (χ1n) is 5.55. The Kier molecular flexibility index (Phi) is 5.16. The fraction of sp³-hybridized carbons (Fsp3) is 0.455. The second-order valence-corrected chi connectivity index (χ2v) is 8.85. The van der Waals surface area contributed by atoms with Crippen LogP contribution < -0.4 is 0 Å². The highest BCUT2D eigenvalue weighted by molar-refractivity contribution is 9.11. The third-order valence-electron chi connectivity index (χ3n) is 2.69. The first-order valence-corrected chi connectivity index (χ1v) is 9.73. The third-order valence-corrected chi connectivity index (χ3v) is 7.11. The Morgan fingerprint density at radius 1 is 1.17 bits per heavy atom. The van der Waals surface area contributed by atoms with E-state index in [-0.39, 0.29) is 0 Å². The van der Waals surface area contributed by atoms with Gasteiger partial charge in [-0.2, -0.15) is 16.1 Å². The van der Waals surface area contributed by atoms with Crippen molar-refractivity contribution in [1.82, 2.24) is 4.31 Å². The molecule has 2 rings (SSSR count). The minimum absolute atomic E-state index is 0.345. The van der Waals surface area contributed by atoms with Crippen molar-refractivity contribution in [3.8, 4) is 0 Å². The second-order valence-electron chi connectivity index (χ2n) is 3.94. The van der Waals surface area contributed by atoms with Crippen LogP contribution in [-0.4, -0.2) is 37.3 Å². The lowest BCUT2D eigenvalue weighted by atomic mass is 10.4. The maximum Gasteiger partial charge on any atom is 0.244 e. The molecule has 1 heterocycles. The lowest BCUT2D eigenvalue weighted by Crippen LogP contribution is -2.33. The zero-order valence-corrected chi connectivity index (χ0v) is 14.4.